The third-order valence-electron chi connectivity index (χ3n) is 4.06. The zero-order valence-electron chi connectivity index (χ0n) is 15.6. The molecule has 1 N–H and O–H groups in total. The van der Waals surface area contributed by atoms with Crippen LogP contribution in [0, 0.1) is 5.82 Å². The summed E-state index contributed by atoms with van der Waals surface area (Å²) < 4.78 is 24.3. The molecule has 0 saturated heterocycles. The van der Waals surface area contributed by atoms with E-state index in [9.17, 15) is 9.18 Å². The van der Waals surface area contributed by atoms with Crippen molar-refractivity contribution in [2.45, 2.75) is 25.1 Å². The predicted octanol–water partition coefficient (Wildman–Crippen LogP) is 5.00. The molecule has 0 heterocycles. The molecule has 0 saturated carbocycles. The molecule has 0 aliphatic rings. The maximum absolute atomic E-state index is 13.8. The molecule has 7 heteroatoms. The van der Waals surface area contributed by atoms with Crippen LogP contribution in [0.1, 0.15) is 30.5 Å². The van der Waals surface area contributed by atoms with Crippen molar-refractivity contribution in [1.82, 2.24) is 5.32 Å². The summed E-state index contributed by atoms with van der Waals surface area (Å²) in [6.45, 7) is 2.00. The molecule has 0 aromatic heterocycles. The molecule has 27 heavy (non-hydrogen) atoms. The summed E-state index contributed by atoms with van der Waals surface area (Å²) in [4.78, 5) is 12.3. The van der Waals surface area contributed by atoms with Crippen molar-refractivity contribution in [3.8, 4) is 11.5 Å². The number of halogens is 2. The highest BCUT2D eigenvalue weighted by atomic mass is 35.5. The molecular weight excluding hydrogens is 389 g/mol. The highest BCUT2D eigenvalue weighted by molar-refractivity contribution is 7.99. The smallest absolute Gasteiger partial charge is 0.230 e. The number of carbonyl (C=O) groups is 1. The molecule has 0 unspecified atom stereocenters. The van der Waals surface area contributed by atoms with Crippen LogP contribution in [-0.4, -0.2) is 25.9 Å². The minimum absolute atomic E-state index is 0.101. The average molecular weight is 412 g/mol. The van der Waals surface area contributed by atoms with Crippen LogP contribution in [0.2, 0.25) is 5.02 Å². The van der Waals surface area contributed by atoms with Crippen LogP contribution < -0.4 is 14.8 Å². The Labute approximate surface area is 168 Å². The van der Waals surface area contributed by atoms with Gasteiger partial charge in [-0.1, -0.05) is 30.7 Å². The first-order valence-corrected chi connectivity index (χ1v) is 10.0. The monoisotopic (exact) mass is 411 g/mol. The van der Waals surface area contributed by atoms with Crippen LogP contribution in [-0.2, 0) is 10.5 Å². The van der Waals surface area contributed by atoms with E-state index in [0.717, 1.165) is 12.0 Å². The molecule has 1 amide bonds. The average Bonchev–Trinajstić information content (AvgIpc) is 2.67. The molecular formula is C20H23ClFNO3S. The summed E-state index contributed by atoms with van der Waals surface area (Å²) in [7, 11) is 3.16. The Hall–Kier alpha value is -1.92. The molecule has 0 fully saturated rings. The van der Waals surface area contributed by atoms with E-state index in [2.05, 4.69) is 5.32 Å². The fraction of sp³-hybridized carbons (Fsp3) is 0.350. The van der Waals surface area contributed by atoms with Crippen molar-refractivity contribution in [3.05, 3.63) is 58.4 Å². The largest absolute Gasteiger partial charge is 0.493 e. The van der Waals surface area contributed by atoms with E-state index < -0.39 is 0 Å². The van der Waals surface area contributed by atoms with Gasteiger partial charge in [-0.2, -0.15) is 0 Å². The van der Waals surface area contributed by atoms with Crippen LogP contribution in [0.25, 0.3) is 0 Å². The summed E-state index contributed by atoms with van der Waals surface area (Å²) in [5.74, 6) is 1.46. The third kappa shape index (κ3) is 6.04. The molecule has 2 aromatic rings. The van der Waals surface area contributed by atoms with E-state index in [-0.39, 0.29) is 23.5 Å². The van der Waals surface area contributed by atoms with Crippen LogP contribution >= 0.6 is 23.4 Å². The Morgan fingerprint density at radius 3 is 2.56 bits per heavy atom. The Balaban J connectivity index is 1.92. The van der Waals surface area contributed by atoms with Gasteiger partial charge in [0, 0.05) is 10.8 Å². The van der Waals surface area contributed by atoms with Crippen molar-refractivity contribution in [2.24, 2.45) is 0 Å². The van der Waals surface area contributed by atoms with Gasteiger partial charge in [0.05, 0.1) is 26.0 Å². The number of hydrogen-bond acceptors (Lipinski definition) is 4. The minimum Gasteiger partial charge on any atom is -0.493 e. The second-order valence-corrected chi connectivity index (χ2v) is 7.29. The number of hydrogen-bond donors (Lipinski definition) is 1. The second-order valence-electron chi connectivity index (χ2n) is 5.87. The van der Waals surface area contributed by atoms with Crippen molar-refractivity contribution in [1.29, 1.82) is 0 Å². The first-order chi connectivity index (χ1) is 13.0. The molecule has 4 nitrogen and oxygen atoms in total. The van der Waals surface area contributed by atoms with E-state index in [0.29, 0.717) is 27.8 Å². The number of amides is 1. The summed E-state index contributed by atoms with van der Waals surface area (Å²) in [5, 5.41) is 3.37. The topological polar surface area (TPSA) is 47.6 Å². The number of benzene rings is 2. The number of thioether (sulfide) groups is 1. The standard InChI is InChI=1S/C20H23ClFNO3S/c1-4-17(13-6-8-18(25-2)19(9-13)26-3)23-20(24)12-27-11-14-5-7-15(21)10-16(14)22/h5-10,17H,4,11-12H2,1-3H3,(H,23,24)/t17-/m0/s1. The van der Waals surface area contributed by atoms with E-state index in [1.54, 1.807) is 26.4 Å². The maximum atomic E-state index is 13.8. The maximum Gasteiger partial charge on any atom is 0.230 e. The number of carbonyl (C=O) groups excluding carboxylic acids is 1. The van der Waals surface area contributed by atoms with Gasteiger partial charge < -0.3 is 14.8 Å². The van der Waals surface area contributed by atoms with Gasteiger partial charge in [0.15, 0.2) is 11.5 Å². The minimum atomic E-state index is -0.354. The number of ether oxygens (including phenoxy) is 2. The Bertz CT molecular complexity index is 788. The zero-order chi connectivity index (χ0) is 19.8. The van der Waals surface area contributed by atoms with Crippen molar-refractivity contribution in [3.63, 3.8) is 0 Å². The van der Waals surface area contributed by atoms with Gasteiger partial charge in [0.25, 0.3) is 0 Å². The highest BCUT2D eigenvalue weighted by Gasteiger charge is 2.15. The lowest BCUT2D eigenvalue weighted by Gasteiger charge is -2.19. The quantitative estimate of drug-likeness (QED) is 0.631. The lowest BCUT2D eigenvalue weighted by Crippen LogP contribution is -2.29. The molecule has 0 aliphatic carbocycles. The summed E-state index contributed by atoms with van der Waals surface area (Å²) in [6, 6.07) is 10.0. The lowest BCUT2D eigenvalue weighted by molar-refractivity contribution is -0.119. The normalized spacial score (nSPS) is 11.7. The Kier molecular flexibility index (Phi) is 8.25. The Morgan fingerprint density at radius 1 is 1.19 bits per heavy atom. The molecule has 2 aromatic carbocycles. The van der Waals surface area contributed by atoms with Crippen LogP contribution in [0.3, 0.4) is 0 Å². The Morgan fingerprint density at radius 2 is 1.93 bits per heavy atom. The second kappa shape index (κ2) is 10.4. The molecule has 1 atom stereocenters. The van der Waals surface area contributed by atoms with E-state index in [1.807, 2.05) is 25.1 Å². The van der Waals surface area contributed by atoms with Gasteiger partial charge in [-0.05, 0) is 41.8 Å². The van der Waals surface area contributed by atoms with Crippen LogP contribution in [0.5, 0.6) is 11.5 Å². The van der Waals surface area contributed by atoms with Gasteiger partial charge in [-0.3, -0.25) is 4.79 Å². The fourth-order valence-corrected chi connectivity index (χ4v) is 3.60. The number of methoxy groups -OCH3 is 2. The molecule has 0 aliphatic heterocycles. The highest BCUT2D eigenvalue weighted by Crippen LogP contribution is 2.31. The van der Waals surface area contributed by atoms with Gasteiger partial charge in [-0.25, -0.2) is 4.39 Å². The van der Waals surface area contributed by atoms with E-state index in [4.69, 9.17) is 21.1 Å². The summed E-state index contributed by atoms with van der Waals surface area (Å²) >= 11 is 7.10. The van der Waals surface area contributed by atoms with Crippen molar-refractivity contribution >= 4 is 29.3 Å². The molecule has 0 spiro atoms. The molecule has 146 valence electrons. The van der Waals surface area contributed by atoms with Crippen molar-refractivity contribution < 1.29 is 18.7 Å². The summed E-state index contributed by atoms with van der Waals surface area (Å²) in [5.41, 5.74) is 1.47. The number of nitrogens with one attached hydrogen (secondary N) is 1. The molecule has 0 bridgehead atoms. The summed E-state index contributed by atoms with van der Waals surface area (Å²) in [6.07, 6.45) is 0.734. The van der Waals surface area contributed by atoms with E-state index >= 15 is 0 Å². The molecule has 0 radical (unpaired) electrons. The zero-order valence-corrected chi connectivity index (χ0v) is 17.1. The van der Waals surface area contributed by atoms with Crippen LogP contribution in [0.15, 0.2) is 36.4 Å². The van der Waals surface area contributed by atoms with Gasteiger partial charge in [0.1, 0.15) is 5.82 Å². The van der Waals surface area contributed by atoms with E-state index in [1.165, 1.54) is 17.8 Å². The van der Waals surface area contributed by atoms with Gasteiger partial charge in [-0.15, -0.1) is 11.8 Å². The van der Waals surface area contributed by atoms with Gasteiger partial charge in [0.2, 0.25) is 5.91 Å². The SMILES string of the molecule is CC[C@H](NC(=O)CSCc1ccc(Cl)cc1F)c1ccc(OC)c(OC)c1. The number of rotatable bonds is 9. The third-order valence-corrected chi connectivity index (χ3v) is 5.28. The van der Waals surface area contributed by atoms with Crippen molar-refractivity contribution in [2.75, 3.05) is 20.0 Å². The fourth-order valence-electron chi connectivity index (χ4n) is 2.62. The van der Waals surface area contributed by atoms with Gasteiger partial charge >= 0.3 is 0 Å². The first-order valence-electron chi connectivity index (χ1n) is 8.51. The van der Waals surface area contributed by atoms with Crippen LogP contribution in [0.4, 0.5) is 4.39 Å². The molecule has 2 rings (SSSR count). The predicted molar refractivity (Wildman–Crippen MR) is 108 cm³/mol. The lowest BCUT2D eigenvalue weighted by atomic mass is 10.0. The first kappa shape index (κ1) is 21.4.